The van der Waals surface area contributed by atoms with Gasteiger partial charge in [-0.3, -0.25) is 0 Å². The fourth-order valence-corrected chi connectivity index (χ4v) is 4.77. The average Bonchev–Trinajstić information content (AvgIpc) is 2.81. The maximum Gasteiger partial charge on any atom is 0.278 e. The first kappa shape index (κ1) is 18.6. The second kappa shape index (κ2) is 6.66. The Morgan fingerprint density at radius 1 is 0.688 bits per heavy atom. The molecule has 0 aliphatic carbocycles. The van der Waals surface area contributed by atoms with E-state index >= 15 is 0 Å². The highest BCUT2D eigenvalue weighted by Crippen LogP contribution is 2.34. The smallest absolute Gasteiger partial charge is 0.278 e. The van der Waals surface area contributed by atoms with Gasteiger partial charge in [0.1, 0.15) is 0 Å². The Morgan fingerprint density at radius 3 is 1.97 bits per heavy atom. The summed E-state index contributed by atoms with van der Waals surface area (Å²) < 4.78 is 2.03. The van der Waals surface area contributed by atoms with Gasteiger partial charge < -0.3 is 9.94 Å². The third-order valence-electron chi connectivity index (χ3n) is 6.34. The van der Waals surface area contributed by atoms with Crippen LogP contribution in [-0.4, -0.2) is 4.73 Å². The van der Waals surface area contributed by atoms with E-state index in [1.807, 2.05) is 98.8 Å². The van der Waals surface area contributed by atoms with E-state index in [2.05, 4.69) is 0 Å². The first-order valence-corrected chi connectivity index (χ1v) is 10.6. The lowest BCUT2D eigenvalue weighted by Gasteiger charge is -2.23. The van der Waals surface area contributed by atoms with Crippen molar-refractivity contribution < 1.29 is 4.43 Å². The van der Waals surface area contributed by atoms with Crippen molar-refractivity contribution in [1.29, 1.82) is 0 Å². The summed E-state index contributed by atoms with van der Waals surface area (Å²) in [6.45, 7) is 4.04. The van der Waals surface area contributed by atoms with Crippen molar-refractivity contribution in [3.63, 3.8) is 0 Å². The van der Waals surface area contributed by atoms with Crippen LogP contribution in [0.15, 0.2) is 84.9 Å². The summed E-state index contributed by atoms with van der Waals surface area (Å²) in [5.41, 5.74) is 6.19. The molecule has 6 rings (SSSR count). The van der Waals surface area contributed by atoms with Gasteiger partial charge in [-0.2, -0.15) is 0 Å². The minimum Gasteiger partial charge on any atom is -0.805 e. The third kappa shape index (κ3) is 2.50. The van der Waals surface area contributed by atoms with E-state index in [0.29, 0.717) is 22.4 Å². The lowest BCUT2D eigenvalue weighted by atomic mass is 9.96. The molecule has 4 aromatic rings. The molecular formula is C28H20N2O2. The number of aryl methyl sites for hydroxylation is 2. The average molecular weight is 416 g/mol. The summed E-state index contributed by atoms with van der Waals surface area (Å²) in [4.78, 5) is 13.7. The summed E-state index contributed by atoms with van der Waals surface area (Å²) in [5.74, 6) is 0. The number of nitrogens with zero attached hydrogens (tertiary/aromatic N) is 2. The second-order valence-corrected chi connectivity index (χ2v) is 8.42. The van der Waals surface area contributed by atoms with E-state index in [1.165, 1.54) is 0 Å². The van der Waals surface area contributed by atoms with E-state index in [0.717, 1.165) is 52.6 Å². The third-order valence-corrected chi connectivity index (χ3v) is 6.34. The Balaban J connectivity index is 1.88. The summed E-state index contributed by atoms with van der Waals surface area (Å²) in [6, 6.07) is 27.1. The van der Waals surface area contributed by atoms with Gasteiger partial charge in [0.15, 0.2) is 0 Å². The molecule has 0 saturated carbocycles. The molecule has 2 aliphatic rings. The topological polar surface area (TPSA) is 51.0 Å². The van der Waals surface area contributed by atoms with Crippen molar-refractivity contribution in [1.82, 2.24) is 4.73 Å². The van der Waals surface area contributed by atoms with Gasteiger partial charge in [-0.15, -0.1) is 0 Å². The Morgan fingerprint density at radius 2 is 1.28 bits per heavy atom. The van der Waals surface area contributed by atoms with Gasteiger partial charge in [0, 0.05) is 27.1 Å². The van der Waals surface area contributed by atoms with Crippen LogP contribution >= 0.6 is 0 Å². The van der Waals surface area contributed by atoms with Crippen LogP contribution < -0.4 is 4.43 Å². The van der Waals surface area contributed by atoms with Gasteiger partial charge in [-0.25, -0.2) is 0 Å². The molecule has 32 heavy (non-hydrogen) atoms. The summed E-state index contributed by atoms with van der Waals surface area (Å²) in [7, 11) is 0. The van der Waals surface area contributed by atoms with Crippen LogP contribution in [0.5, 0.6) is 0 Å². The van der Waals surface area contributed by atoms with Crippen LogP contribution in [-0.2, 0) is 0 Å². The van der Waals surface area contributed by atoms with Crippen LogP contribution in [0.3, 0.4) is 0 Å². The van der Waals surface area contributed by atoms with E-state index in [1.54, 1.807) is 0 Å². The largest absolute Gasteiger partial charge is 0.805 e. The van der Waals surface area contributed by atoms with Crippen LogP contribution in [0.2, 0.25) is 0 Å². The molecule has 2 heterocycles. The summed E-state index contributed by atoms with van der Waals surface area (Å²) in [5, 5.41) is 16.9. The number of hydrogen-bond donors (Lipinski definition) is 0. The molecule has 4 nitrogen and oxygen atoms in total. The fraction of sp³-hybridized carbons (Fsp3) is 0.0714. The molecule has 4 aromatic carbocycles. The number of benzene rings is 4. The monoisotopic (exact) mass is 416 g/mol. The highest BCUT2D eigenvalue weighted by Gasteiger charge is 2.24. The molecule has 0 fully saturated rings. The summed E-state index contributed by atoms with van der Waals surface area (Å²) in [6.07, 6.45) is 0. The molecule has 154 valence electrons. The molecule has 0 amide bonds. The van der Waals surface area contributed by atoms with E-state index in [-0.39, 0.29) is 0 Å². The van der Waals surface area contributed by atoms with Crippen molar-refractivity contribution in [3.8, 4) is 22.5 Å². The highest BCUT2D eigenvalue weighted by atomic mass is 16.5. The van der Waals surface area contributed by atoms with Crippen LogP contribution in [0, 0.1) is 34.4 Å². The van der Waals surface area contributed by atoms with Gasteiger partial charge in [0.05, 0.1) is 26.3 Å². The van der Waals surface area contributed by atoms with Crippen LogP contribution in [0.1, 0.15) is 11.1 Å². The number of rotatable bonds is 2. The molecule has 0 unspecified atom stereocenters. The van der Waals surface area contributed by atoms with Crippen LogP contribution in [0.25, 0.3) is 44.3 Å². The Bertz CT molecular complexity index is 1750. The molecule has 4 heteroatoms. The van der Waals surface area contributed by atoms with Crippen molar-refractivity contribution in [3.05, 3.63) is 117 Å². The lowest BCUT2D eigenvalue weighted by molar-refractivity contribution is -0.451. The molecule has 0 radical (unpaired) electrons. The zero-order valence-corrected chi connectivity index (χ0v) is 17.8. The molecule has 0 saturated heterocycles. The zero-order valence-electron chi connectivity index (χ0n) is 17.8. The predicted octanol–water partition coefficient (Wildman–Crippen LogP) is 6.17. The highest BCUT2D eigenvalue weighted by molar-refractivity contribution is 5.92. The van der Waals surface area contributed by atoms with E-state index in [4.69, 9.17) is 0 Å². The van der Waals surface area contributed by atoms with E-state index in [9.17, 15) is 10.1 Å². The molecule has 0 bridgehead atoms. The van der Waals surface area contributed by atoms with Gasteiger partial charge >= 0.3 is 0 Å². The molecule has 0 N–H and O–H groups in total. The fourth-order valence-electron chi connectivity index (χ4n) is 4.77. The first-order valence-electron chi connectivity index (χ1n) is 10.6. The molecular weight excluding hydrogens is 396 g/mol. The second-order valence-electron chi connectivity index (χ2n) is 8.42. The van der Waals surface area contributed by atoms with Gasteiger partial charge in [0.2, 0.25) is 0 Å². The maximum atomic E-state index is 13.7. The molecule has 0 aromatic heterocycles. The lowest BCUT2D eigenvalue weighted by Crippen LogP contribution is -2.21. The molecule has 2 aliphatic heterocycles. The molecule has 0 spiro atoms. The molecule has 0 atom stereocenters. The van der Waals surface area contributed by atoms with Crippen molar-refractivity contribution in [2.45, 2.75) is 13.8 Å². The zero-order chi connectivity index (χ0) is 22.0. The Hall–Kier alpha value is -4.18. The van der Waals surface area contributed by atoms with Crippen molar-refractivity contribution in [2.75, 3.05) is 0 Å². The normalized spacial score (nSPS) is 11.7. The maximum absolute atomic E-state index is 13.7. The van der Waals surface area contributed by atoms with Gasteiger partial charge in [-0.05, 0) is 43.7 Å². The van der Waals surface area contributed by atoms with Gasteiger partial charge in [-0.1, -0.05) is 65.7 Å². The number of aromatic nitrogens is 2. The Labute approximate surface area is 184 Å². The minimum atomic E-state index is 0.565. The van der Waals surface area contributed by atoms with E-state index < -0.39 is 0 Å². The minimum absolute atomic E-state index is 0.565. The van der Waals surface area contributed by atoms with Crippen LogP contribution in [0.4, 0.5) is 0 Å². The quantitative estimate of drug-likeness (QED) is 0.317. The standard InChI is InChI=1S/C28H20N2O2/c1-17-9-13-19(14-10-17)27-21-5-3-8-24-25(21)26-22(6-4-7-23(26)29(27)31)28(30(24)32)20-15-11-18(2)12-16-20/h3-16H,1-2H3. The van der Waals surface area contributed by atoms with Crippen molar-refractivity contribution in [2.24, 2.45) is 0 Å². The van der Waals surface area contributed by atoms with Gasteiger partial charge in [0.25, 0.3) is 11.2 Å². The SMILES string of the molecule is Cc1ccc(-c2c3cccc4c3=c3c(cccc3n2[O-])c(-c2ccc(C)cc2)[n+]4=O)cc1. The predicted molar refractivity (Wildman–Crippen MR) is 128 cm³/mol. The van der Waals surface area contributed by atoms with Crippen molar-refractivity contribution >= 4 is 21.8 Å². The Kier molecular flexibility index (Phi) is 3.87. The summed E-state index contributed by atoms with van der Waals surface area (Å²) >= 11 is 0. The first-order chi connectivity index (χ1) is 15.5. The number of hydrogen-bond acceptors (Lipinski definition) is 2.